The SMILES string of the molecule is Cc1cccc(Cn2nccc2NC(=O)CN2C(=O)c3ccc([N+](=O)[O-])cc3C2=O)c1. The van der Waals surface area contributed by atoms with E-state index < -0.39 is 29.2 Å². The predicted molar refractivity (Wildman–Crippen MR) is 110 cm³/mol. The van der Waals surface area contributed by atoms with Crippen molar-refractivity contribution in [2.75, 3.05) is 11.9 Å². The van der Waals surface area contributed by atoms with Gasteiger partial charge < -0.3 is 5.32 Å². The molecule has 0 radical (unpaired) electrons. The summed E-state index contributed by atoms with van der Waals surface area (Å²) in [6.07, 6.45) is 1.53. The van der Waals surface area contributed by atoms with Gasteiger partial charge in [-0.2, -0.15) is 5.10 Å². The molecular formula is C21H17N5O5. The number of nitrogens with one attached hydrogen (secondary N) is 1. The van der Waals surface area contributed by atoms with Crippen LogP contribution in [0.3, 0.4) is 0 Å². The zero-order valence-electron chi connectivity index (χ0n) is 16.4. The number of hydrogen-bond donors (Lipinski definition) is 1. The molecule has 1 N–H and O–H groups in total. The third kappa shape index (κ3) is 3.90. The Morgan fingerprint density at radius 2 is 1.87 bits per heavy atom. The average molecular weight is 419 g/mol. The number of carbonyl (C=O) groups is 3. The molecule has 2 aromatic carbocycles. The first-order chi connectivity index (χ1) is 14.8. The molecule has 0 saturated carbocycles. The number of aryl methyl sites for hydroxylation is 1. The molecular weight excluding hydrogens is 402 g/mol. The lowest BCUT2D eigenvalue weighted by Crippen LogP contribution is -2.37. The number of nitrogens with zero attached hydrogens (tertiary/aromatic N) is 4. The van der Waals surface area contributed by atoms with Crippen molar-refractivity contribution >= 4 is 29.2 Å². The number of aromatic nitrogens is 2. The zero-order chi connectivity index (χ0) is 22.1. The van der Waals surface area contributed by atoms with E-state index in [1.165, 1.54) is 12.3 Å². The van der Waals surface area contributed by atoms with Gasteiger partial charge in [-0.3, -0.25) is 29.4 Å². The normalized spacial score (nSPS) is 12.7. The van der Waals surface area contributed by atoms with E-state index in [0.717, 1.165) is 28.2 Å². The fourth-order valence-electron chi connectivity index (χ4n) is 3.41. The minimum Gasteiger partial charge on any atom is -0.309 e. The molecule has 3 aromatic rings. The number of benzene rings is 2. The highest BCUT2D eigenvalue weighted by molar-refractivity contribution is 6.23. The maximum atomic E-state index is 12.5. The summed E-state index contributed by atoms with van der Waals surface area (Å²) in [5.41, 5.74) is 1.75. The van der Waals surface area contributed by atoms with Gasteiger partial charge in [0.25, 0.3) is 17.5 Å². The van der Waals surface area contributed by atoms with E-state index in [1.54, 1.807) is 10.7 Å². The van der Waals surface area contributed by atoms with Gasteiger partial charge in [-0.15, -0.1) is 0 Å². The second-order valence-corrected chi connectivity index (χ2v) is 7.09. The highest BCUT2D eigenvalue weighted by atomic mass is 16.6. The van der Waals surface area contributed by atoms with Crippen LogP contribution in [0.25, 0.3) is 0 Å². The van der Waals surface area contributed by atoms with E-state index in [-0.39, 0.29) is 16.8 Å². The maximum Gasteiger partial charge on any atom is 0.270 e. The summed E-state index contributed by atoms with van der Waals surface area (Å²) in [7, 11) is 0. The molecule has 156 valence electrons. The predicted octanol–water partition coefficient (Wildman–Crippen LogP) is 2.38. The fraction of sp³-hybridized carbons (Fsp3) is 0.143. The summed E-state index contributed by atoms with van der Waals surface area (Å²) in [5, 5.41) is 17.8. The van der Waals surface area contributed by atoms with E-state index >= 15 is 0 Å². The van der Waals surface area contributed by atoms with Crippen LogP contribution in [-0.4, -0.2) is 43.9 Å². The Morgan fingerprint density at radius 3 is 2.61 bits per heavy atom. The smallest absolute Gasteiger partial charge is 0.270 e. The Morgan fingerprint density at radius 1 is 1.10 bits per heavy atom. The first-order valence-electron chi connectivity index (χ1n) is 9.35. The molecule has 3 amide bonds. The van der Waals surface area contributed by atoms with Gasteiger partial charge in [0.2, 0.25) is 5.91 Å². The molecule has 0 spiro atoms. The summed E-state index contributed by atoms with van der Waals surface area (Å²) in [6.45, 7) is 1.89. The Labute approximate surface area is 176 Å². The molecule has 0 unspecified atom stereocenters. The van der Waals surface area contributed by atoms with Crippen molar-refractivity contribution in [1.82, 2.24) is 14.7 Å². The maximum absolute atomic E-state index is 12.5. The molecule has 0 aliphatic carbocycles. The number of rotatable bonds is 6. The summed E-state index contributed by atoms with van der Waals surface area (Å²) in [6, 6.07) is 12.9. The third-order valence-corrected chi connectivity index (χ3v) is 4.87. The Bertz CT molecular complexity index is 1230. The lowest BCUT2D eigenvalue weighted by Gasteiger charge is -2.14. The molecule has 1 aromatic heterocycles. The zero-order valence-corrected chi connectivity index (χ0v) is 16.4. The van der Waals surface area contributed by atoms with Crippen LogP contribution in [0.5, 0.6) is 0 Å². The van der Waals surface area contributed by atoms with Crippen LogP contribution in [0, 0.1) is 17.0 Å². The standard InChI is InChI=1S/C21H17N5O5/c1-13-3-2-4-14(9-13)11-25-18(7-8-22-25)23-19(27)12-24-20(28)16-6-5-15(26(30)31)10-17(16)21(24)29/h2-10H,11-12H2,1H3,(H,23,27). The molecule has 0 saturated heterocycles. The van der Waals surface area contributed by atoms with Crippen LogP contribution >= 0.6 is 0 Å². The van der Waals surface area contributed by atoms with Gasteiger partial charge in [0, 0.05) is 18.2 Å². The minimum absolute atomic E-state index is 0.0351. The molecule has 1 aliphatic heterocycles. The van der Waals surface area contributed by atoms with E-state index in [2.05, 4.69) is 10.4 Å². The van der Waals surface area contributed by atoms with Crippen LogP contribution in [0.2, 0.25) is 0 Å². The number of imide groups is 1. The molecule has 10 nitrogen and oxygen atoms in total. The molecule has 4 rings (SSSR count). The van der Waals surface area contributed by atoms with Crippen molar-refractivity contribution in [3.05, 3.63) is 87.1 Å². The average Bonchev–Trinajstić information content (AvgIpc) is 3.25. The van der Waals surface area contributed by atoms with Crippen molar-refractivity contribution in [2.24, 2.45) is 0 Å². The van der Waals surface area contributed by atoms with Crippen molar-refractivity contribution in [1.29, 1.82) is 0 Å². The van der Waals surface area contributed by atoms with Crippen LogP contribution in [0.15, 0.2) is 54.7 Å². The van der Waals surface area contributed by atoms with Crippen molar-refractivity contribution in [2.45, 2.75) is 13.5 Å². The Hall–Kier alpha value is -4.34. The number of anilines is 1. The highest BCUT2D eigenvalue weighted by Crippen LogP contribution is 2.26. The van der Waals surface area contributed by atoms with Crippen molar-refractivity contribution in [3.63, 3.8) is 0 Å². The van der Waals surface area contributed by atoms with E-state index in [9.17, 15) is 24.5 Å². The largest absolute Gasteiger partial charge is 0.309 e. The monoisotopic (exact) mass is 419 g/mol. The van der Waals surface area contributed by atoms with Gasteiger partial charge in [0.05, 0.1) is 28.8 Å². The lowest BCUT2D eigenvalue weighted by atomic mass is 10.1. The summed E-state index contributed by atoms with van der Waals surface area (Å²) >= 11 is 0. The molecule has 0 fully saturated rings. The number of nitro benzene ring substituents is 1. The topological polar surface area (TPSA) is 127 Å². The van der Waals surface area contributed by atoms with E-state index in [4.69, 9.17) is 0 Å². The van der Waals surface area contributed by atoms with E-state index in [1.807, 2.05) is 31.2 Å². The van der Waals surface area contributed by atoms with Gasteiger partial charge >= 0.3 is 0 Å². The van der Waals surface area contributed by atoms with Gasteiger partial charge in [-0.05, 0) is 18.6 Å². The lowest BCUT2D eigenvalue weighted by molar-refractivity contribution is -0.384. The molecule has 1 aliphatic rings. The molecule has 31 heavy (non-hydrogen) atoms. The Balaban J connectivity index is 1.46. The quantitative estimate of drug-likeness (QED) is 0.371. The van der Waals surface area contributed by atoms with Gasteiger partial charge in [0.15, 0.2) is 0 Å². The molecule has 0 bridgehead atoms. The van der Waals surface area contributed by atoms with Crippen molar-refractivity contribution < 1.29 is 19.3 Å². The molecule has 10 heteroatoms. The second-order valence-electron chi connectivity index (χ2n) is 7.09. The van der Waals surface area contributed by atoms with E-state index in [0.29, 0.717) is 12.4 Å². The number of non-ortho nitro benzene ring substituents is 1. The van der Waals surface area contributed by atoms with Crippen LogP contribution in [-0.2, 0) is 11.3 Å². The molecule has 0 atom stereocenters. The number of hydrogen-bond acceptors (Lipinski definition) is 6. The number of amides is 3. The van der Waals surface area contributed by atoms with Crippen LogP contribution < -0.4 is 5.32 Å². The van der Waals surface area contributed by atoms with Gasteiger partial charge in [0.1, 0.15) is 12.4 Å². The second kappa shape index (κ2) is 7.82. The summed E-state index contributed by atoms with van der Waals surface area (Å²) < 4.78 is 1.60. The van der Waals surface area contributed by atoms with Gasteiger partial charge in [-0.25, -0.2) is 4.68 Å². The number of carbonyl (C=O) groups excluding carboxylic acids is 3. The van der Waals surface area contributed by atoms with Crippen LogP contribution in [0.4, 0.5) is 11.5 Å². The number of nitro groups is 1. The first-order valence-corrected chi connectivity index (χ1v) is 9.35. The summed E-state index contributed by atoms with van der Waals surface area (Å²) in [5.74, 6) is -1.58. The third-order valence-electron chi connectivity index (χ3n) is 4.87. The first kappa shape index (κ1) is 20.0. The van der Waals surface area contributed by atoms with Gasteiger partial charge in [-0.1, -0.05) is 29.8 Å². The highest BCUT2D eigenvalue weighted by Gasteiger charge is 2.37. The summed E-state index contributed by atoms with van der Waals surface area (Å²) in [4.78, 5) is 48.6. The van der Waals surface area contributed by atoms with Crippen LogP contribution in [0.1, 0.15) is 31.8 Å². The number of fused-ring (bicyclic) bond motifs is 1. The Kier molecular flexibility index (Phi) is 5.04. The minimum atomic E-state index is -0.743. The molecule has 2 heterocycles. The van der Waals surface area contributed by atoms with Crippen molar-refractivity contribution in [3.8, 4) is 0 Å². The fourth-order valence-corrected chi connectivity index (χ4v) is 3.41.